The maximum absolute atomic E-state index is 13.5. The first-order valence-corrected chi connectivity index (χ1v) is 15.7. The van der Waals surface area contributed by atoms with E-state index in [0.717, 1.165) is 22.2 Å². The van der Waals surface area contributed by atoms with Crippen LogP contribution in [0.1, 0.15) is 63.6 Å². The molecule has 5 rings (SSSR count). The van der Waals surface area contributed by atoms with Gasteiger partial charge in [-0.2, -0.15) is 10.5 Å². The second-order valence-electron chi connectivity index (χ2n) is 11.1. The fourth-order valence-corrected chi connectivity index (χ4v) is 6.27. The van der Waals surface area contributed by atoms with E-state index in [1.54, 1.807) is 24.3 Å². The Morgan fingerprint density at radius 2 is 1.69 bits per heavy atom. The first kappa shape index (κ1) is 33.4. The number of benzene rings is 3. The predicted octanol–water partition coefficient (Wildman–Crippen LogP) is 5.67. The lowest BCUT2D eigenvalue weighted by Gasteiger charge is -2.17. The van der Waals surface area contributed by atoms with Crippen molar-refractivity contribution in [1.29, 1.82) is 10.5 Å². The molecule has 1 fully saturated rings. The number of thioether (sulfide) groups is 1. The van der Waals surface area contributed by atoms with Crippen molar-refractivity contribution in [1.82, 2.24) is 4.98 Å². The Bertz CT molecular complexity index is 2010. The van der Waals surface area contributed by atoms with Crippen molar-refractivity contribution in [2.75, 3.05) is 24.4 Å². The van der Waals surface area contributed by atoms with Crippen molar-refractivity contribution < 1.29 is 28.7 Å². The number of aromatic nitrogens is 1. The monoisotopic (exact) mass is 659 g/mol. The van der Waals surface area contributed by atoms with Gasteiger partial charge in [-0.15, -0.1) is 0 Å². The first-order valence-electron chi connectivity index (χ1n) is 14.8. The minimum absolute atomic E-state index is 0.0481. The number of esters is 1. The van der Waals surface area contributed by atoms with Crippen molar-refractivity contribution >= 4 is 46.8 Å². The maximum atomic E-state index is 13.5. The molecular formula is C36H29N5O6S. The quantitative estimate of drug-likeness (QED) is 0.126. The van der Waals surface area contributed by atoms with Gasteiger partial charge in [0, 0.05) is 17.5 Å². The molecule has 1 atom stereocenters. The molecule has 0 radical (unpaired) electrons. The molecule has 1 unspecified atom stereocenters. The maximum Gasteiger partial charge on any atom is 0.338 e. The fraction of sp³-hybridized carbons (Fsp3) is 0.194. The minimum atomic E-state index is -0.923. The number of nitrogens with zero attached hydrogens (tertiary/aromatic N) is 4. The Morgan fingerprint density at radius 1 is 1.00 bits per heavy atom. The highest BCUT2D eigenvalue weighted by Gasteiger charge is 2.41. The van der Waals surface area contributed by atoms with Crippen molar-refractivity contribution in [3.63, 3.8) is 0 Å². The molecule has 240 valence electrons. The van der Waals surface area contributed by atoms with Gasteiger partial charge >= 0.3 is 5.97 Å². The van der Waals surface area contributed by atoms with Crippen LogP contribution in [0.2, 0.25) is 0 Å². The normalized spacial score (nSPS) is 14.0. The number of rotatable bonds is 10. The van der Waals surface area contributed by atoms with Crippen molar-refractivity contribution in [2.45, 2.75) is 36.5 Å². The van der Waals surface area contributed by atoms with Crippen LogP contribution in [0.3, 0.4) is 0 Å². The van der Waals surface area contributed by atoms with E-state index in [1.807, 2.05) is 30.3 Å². The van der Waals surface area contributed by atoms with Crippen LogP contribution in [0.15, 0.2) is 77.8 Å². The number of amides is 2. The third-order valence-corrected chi connectivity index (χ3v) is 8.90. The lowest BCUT2D eigenvalue weighted by Crippen LogP contribution is -2.31. The number of hydrogen-bond donors (Lipinski definition) is 1. The highest BCUT2D eigenvalue weighted by molar-refractivity contribution is 8.00. The van der Waals surface area contributed by atoms with Crippen LogP contribution in [0.4, 0.5) is 11.5 Å². The molecule has 48 heavy (non-hydrogen) atoms. The number of carbonyl (C=O) groups is 4. The number of carbonyl (C=O) groups excluding carboxylic acids is 4. The van der Waals surface area contributed by atoms with Crippen LogP contribution in [-0.4, -0.2) is 47.5 Å². The number of nitrogen functional groups attached to an aromatic ring is 1. The molecule has 0 aliphatic carbocycles. The van der Waals surface area contributed by atoms with E-state index in [0.29, 0.717) is 22.4 Å². The molecule has 4 aromatic rings. The third-order valence-electron chi connectivity index (χ3n) is 7.73. The number of ketones is 1. The number of ether oxygens (including phenoxy) is 2. The van der Waals surface area contributed by atoms with Gasteiger partial charge in [-0.05, 0) is 53.4 Å². The molecule has 1 aliphatic rings. The molecule has 12 heteroatoms. The number of pyridine rings is 1. The van der Waals surface area contributed by atoms with Gasteiger partial charge in [0.1, 0.15) is 34.3 Å². The van der Waals surface area contributed by atoms with E-state index < -0.39 is 35.4 Å². The van der Waals surface area contributed by atoms with Crippen molar-refractivity contribution in [3.8, 4) is 29.0 Å². The van der Waals surface area contributed by atoms with E-state index in [-0.39, 0.29) is 45.6 Å². The number of anilines is 2. The number of hydrogen-bond acceptors (Lipinski definition) is 11. The van der Waals surface area contributed by atoms with Crippen LogP contribution in [0.25, 0.3) is 11.1 Å². The summed E-state index contributed by atoms with van der Waals surface area (Å²) in [5, 5.41) is 19.3. The Balaban J connectivity index is 1.32. The molecule has 2 N–H and O–H groups in total. The molecule has 2 heterocycles. The van der Waals surface area contributed by atoms with Crippen LogP contribution in [0, 0.1) is 22.7 Å². The van der Waals surface area contributed by atoms with Gasteiger partial charge in [-0.3, -0.25) is 14.4 Å². The Kier molecular flexibility index (Phi) is 9.88. The zero-order valence-electron chi connectivity index (χ0n) is 26.2. The lowest BCUT2D eigenvalue weighted by atomic mass is 9.94. The highest BCUT2D eigenvalue weighted by Crippen LogP contribution is 2.40. The average molecular weight is 660 g/mol. The number of nitriles is 2. The average Bonchev–Trinajstić information content (AvgIpc) is 3.38. The van der Waals surface area contributed by atoms with Crippen LogP contribution < -0.4 is 15.4 Å². The van der Waals surface area contributed by atoms with Crippen LogP contribution in [-0.2, 0) is 14.3 Å². The lowest BCUT2D eigenvalue weighted by molar-refractivity contribution is -0.121. The molecule has 0 bridgehead atoms. The molecular weight excluding hydrogens is 630 g/mol. The van der Waals surface area contributed by atoms with E-state index in [2.05, 4.69) is 24.9 Å². The first-order chi connectivity index (χ1) is 23.1. The van der Waals surface area contributed by atoms with Crippen molar-refractivity contribution in [3.05, 3.63) is 101 Å². The van der Waals surface area contributed by atoms with Crippen LogP contribution >= 0.6 is 11.8 Å². The van der Waals surface area contributed by atoms with E-state index in [4.69, 9.17) is 15.2 Å². The van der Waals surface area contributed by atoms with E-state index >= 15 is 0 Å². The third kappa shape index (κ3) is 6.75. The van der Waals surface area contributed by atoms with Crippen LogP contribution in [0.5, 0.6) is 5.75 Å². The summed E-state index contributed by atoms with van der Waals surface area (Å²) < 4.78 is 10.3. The Morgan fingerprint density at radius 3 is 2.31 bits per heavy atom. The molecule has 0 spiro atoms. The standard InChI is InChI=1S/C36H29N5O6S/c1-20(2)21-7-9-22(10-8-21)32-27(17-37)33(39)40-34(28(32)18-38)48-30-16-31(43)41(35(30)44)25-13-11-23(12-14-25)36(45)47-19-29(42)24-5-4-6-26(15-24)46-3/h4-15,20,30H,16,19H2,1-3H3,(H2,39,40). The van der Waals surface area contributed by atoms with Gasteiger partial charge in [0.15, 0.2) is 12.4 Å². The SMILES string of the molecule is COc1cccc(C(=O)COC(=O)c2ccc(N3C(=O)CC(Sc4nc(N)c(C#N)c(-c5ccc(C(C)C)cc5)c4C#N)C3=O)cc2)c1. The van der Waals surface area contributed by atoms with E-state index in [9.17, 15) is 29.7 Å². The van der Waals surface area contributed by atoms with Gasteiger partial charge < -0.3 is 15.2 Å². The van der Waals surface area contributed by atoms with E-state index in [1.165, 1.54) is 31.4 Å². The number of methoxy groups -OCH3 is 1. The summed E-state index contributed by atoms with van der Waals surface area (Å²) in [6.07, 6.45) is -0.176. The minimum Gasteiger partial charge on any atom is -0.497 e. The smallest absolute Gasteiger partial charge is 0.338 e. The second-order valence-corrected chi connectivity index (χ2v) is 12.3. The summed E-state index contributed by atoms with van der Waals surface area (Å²) >= 11 is 0.932. The molecule has 2 amide bonds. The van der Waals surface area contributed by atoms with Crippen molar-refractivity contribution in [2.24, 2.45) is 0 Å². The summed E-state index contributed by atoms with van der Waals surface area (Å²) in [5.41, 5.74) is 8.95. The second kappa shape index (κ2) is 14.2. The van der Waals surface area contributed by atoms with Gasteiger partial charge in [-0.25, -0.2) is 14.7 Å². The zero-order chi connectivity index (χ0) is 34.5. The van der Waals surface area contributed by atoms with Gasteiger partial charge in [0.25, 0.3) is 0 Å². The Hall–Kier alpha value is -5.98. The molecule has 1 aliphatic heterocycles. The predicted molar refractivity (Wildman–Crippen MR) is 178 cm³/mol. The molecule has 11 nitrogen and oxygen atoms in total. The highest BCUT2D eigenvalue weighted by atomic mass is 32.2. The largest absolute Gasteiger partial charge is 0.497 e. The molecule has 1 saturated heterocycles. The fourth-order valence-electron chi connectivity index (χ4n) is 5.15. The summed E-state index contributed by atoms with van der Waals surface area (Å²) in [4.78, 5) is 56.9. The molecule has 1 aromatic heterocycles. The number of imide groups is 1. The number of Topliss-reactive ketones (excluding diaryl/α,β-unsaturated/α-hetero) is 1. The molecule has 3 aromatic carbocycles. The summed E-state index contributed by atoms with van der Waals surface area (Å²) in [6.45, 7) is 3.62. The summed E-state index contributed by atoms with van der Waals surface area (Å²) in [6, 6.07) is 23.7. The Labute approximate surface area is 280 Å². The number of nitrogens with two attached hydrogens (primary N) is 1. The summed E-state index contributed by atoms with van der Waals surface area (Å²) in [7, 11) is 1.48. The topological polar surface area (TPSA) is 176 Å². The van der Waals surface area contributed by atoms with Gasteiger partial charge in [-0.1, -0.05) is 62.0 Å². The van der Waals surface area contributed by atoms with Gasteiger partial charge in [0.2, 0.25) is 11.8 Å². The summed E-state index contributed by atoms with van der Waals surface area (Å²) in [5.74, 6) is -1.52. The zero-order valence-corrected chi connectivity index (χ0v) is 27.0. The molecule has 0 saturated carbocycles. The van der Waals surface area contributed by atoms with Gasteiger partial charge in [0.05, 0.1) is 29.2 Å².